The molecule has 2 aromatic carbocycles. The molecule has 5 nitrogen and oxygen atoms in total. The highest BCUT2D eigenvalue weighted by Crippen LogP contribution is 2.31. The van der Waals surface area contributed by atoms with Crippen molar-refractivity contribution in [2.45, 2.75) is 12.8 Å². The van der Waals surface area contributed by atoms with Gasteiger partial charge in [-0.2, -0.15) is 5.10 Å². The van der Waals surface area contributed by atoms with E-state index in [0.717, 1.165) is 12.3 Å². The normalized spacial score (nSPS) is 11.4. The van der Waals surface area contributed by atoms with Crippen LogP contribution in [0.5, 0.6) is 0 Å². The Morgan fingerprint density at radius 3 is 2.59 bits per heavy atom. The Balaban J connectivity index is 1.76. The summed E-state index contributed by atoms with van der Waals surface area (Å²) in [6.07, 6.45) is 1.51. The van der Waals surface area contributed by atoms with Gasteiger partial charge in [0.1, 0.15) is 0 Å². The third-order valence-electron chi connectivity index (χ3n) is 4.44. The van der Waals surface area contributed by atoms with Crippen molar-refractivity contribution in [1.29, 1.82) is 0 Å². The first-order valence-electron chi connectivity index (χ1n) is 8.89. The third-order valence-corrected chi connectivity index (χ3v) is 4.44. The molecule has 7 heteroatoms. The summed E-state index contributed by atoms with van der Waals surface area (Å²) in [5, 5.41) is 11.0. The Hall–Kier alpha value is -3.74. The number of rotatable bonds is 4. The minimum Gasteiger partial charge on any atom is -0.305 e. The van der Waals surface area contributed by atoms with E-state index in [4.69, 9.17) is 0 Å². The Kier molecular flexibility index (Phi) is 4.72. The summed E-state index contributed by atoms with van der Waals surface area (Å²) in [7, 11) is 0. The van der Waals surface area contributed by atoms with Crippen LogP contribution in [0, 0.1) is 0 Å². The van der Waals surface area contributed by atoms with E-state index in [-0.39, 0.29) is 11.5 Å². The average molecular weight is 390 g/mol. The highest BCUT2D eigenvalue weighted by molar-refractivity contribution is 6.11. The van der Waals surface area contributed by atoms with Crippen molar-refractivity contribution in [3.63, 3.8) is 0 Å². The number of hydrogen-bond acceptors (Lipinski definition) is 4. The van der Waals surface area contributed by atoms with E-state index >= 15 is 0 Å². The van der Waals surface area contributed by atoms with Gasteiger partial charge in [0, 0.05) is 29.6 Å². The molecule has 0 radical (unpaired) electrons. The standard InChI is InChI=1S/C22H16F2N4O/c1-22(23,24)16-7-2-6-15(13-16)18-11-10-14-5-3-8-17(20(14)26-18)21(29)27-19-9-4-12-25-28-19/h2-13H,1H3,(H,27,28,29). The number of anilines is 1. The van der Waals surface area contributed by atoms with Crippen molar-refractivity contribution < 1.29 is 13.6 Å². The summed E-state index contributed by atoms with van der Waals surface area (Å²) in [6.45, 7) is 0.856. The molecule has 0 saturated carbocycles. The molecule has 144 valence electrons. The number of nitrogens with zero attached hydrogens (tertiary/aromatic N) is 3. The number of fused-ring (bicyclic) bond motifs is 1. The van der Waals surface area contributed by atoms with E-state index in [9.17, 15) is 13.6 Å². The second-order valence-electron chi connectivity index (χ2n) is 6.61. The fourth-order valence-corrected chi connectivity index (χ4v) is 2.99. The molecule has 0 bridgehead atoms. The van der Waals surface area contributed by atoms with E-state index in [1.807, 2.05) is 12.1 Å². The predicted octanol–water partition coefficient (Wildman–Crippen LogP) is 5.06. The summed E-state index contributed by atoms with van der Waals surface area (Å²) in [4.78, 5) is 17.3. The summed E-state index contributed by atoms with van der Waals surface area (Å²) in [6, 6.07) is 18.2. The highest BCUT2D eigenvalue weighted by atomic mass is 19.3. The monoisotopic (exact) mass is 390 g/mol. The van der Waals surface area contributed by atoms with Crippen molar-refractivity contribution in [3.8, 4) is 11.3 Å². The number of nitrogens with one attached hydrogen (secondary N) is 1. The van der Waals surface area contributed by atoms with Gasteiger partial charge >= 0.3 is 0 Å². The van der Waals surface area contributed by atoms with Gasteiger partial charge in [-0.25, -0.2) is 13.8 Å². The zero-order chi connectivity index (χ0) is 20.4. The van der Waals surface area contributed by atoms with E-state index in [2.05, 4.69) is 20.5 Å². The molecular formula is C22H16F2N4O. The lowest BCUT2D eigenvalue weighted by molar-refractivity contribution is 0.0175. The Labute approximate surface area is 165 Å². The fourth-order valence-electron chi connectivity index (χ4n) is 2.99. The van der Waals surface area contributed by atoms with Crippen molar-refractivity contribution in [3.05, 3.63) is 84.1 Å². The van der Waals surface area contributed by atoms with Crippen molar-refractivity contribution in [2.24, 2.45) is 0 Å². The Morgan fingerprint density at radius 1 is 1.00 bits per heavy atom. The summed E-state index contributed by atoms with van der Waals surface area (Å²) in [5.41, 5.74) is 1.79. The number of carbonyl (C=O) groups excluding carboxylic acids is 1. The molecule has 4 rings (SSSR count). The molecule has 0 aliphatic carbocycles. The van der Waals surface area contributed by atoms with Crippen LogP contribution >= 0.6 is 0 Å². The number of alkyl halides is 2. The molecule has 4 aromatic rings. The number of amides is 1. The van der Waals surface area contributed by atoms with Crippen LogP contribution < -0.4 is 5.32 Å². The van der Waals surface area contributed by atoms with Gasteiger partial charge in [0.25, 0.3) is 11.8 Å². The molecule has 2 aromatic heterocycles. The molecule has 0 saturated heterocycles. The van der Waals surface area contributed by atoms with Crippen LogP contribution in [0.4, 0.5) is 14.6 Å². The molecule has 0 aliphatic heterocycles. The summed E-state index contributed by atoms with van der Waals surface area (Å²) < 4.78 is 27.4. The largest absolute Gasteiger partial charge is 0.305 e. The fraction of sp³-hybridized carbons (Fsp3) is 0.0909. The van der Waals surface area contributed by atoms with Gasteiger partial charge in [0.15, 0.2) is 5.82 Å². The highest BCUT2D eigenvalue weighted by Gasteiger charge is 2.24. The zero-order valence-electron chi connectivity index (χ0n) is 15.4. The number of hydrogen-bond donors (Lipinski definition) is 1. The first kappa shape index (κ1) is 18.6. The Bertz CT molecular complexity index is 1190. The van der Waals surface area contributed by atoms with Crippen LogP contribution in [0.25, 0.3) is 22.2 Å². The smallest absolute Gasteiger partial charge is 0.270 e. The molecule has 2 heterocycles. The summed E-state index contributed by atoms with van der Waals surface area (Å²) in [5.74, 6) is -3.01. The minimum atomic E-state index is -2.95. The molecule has 0 atom stereocenters. The number of benzene rings is 2. The maximum atomic E-state index is 13.7. The molecule has 1 amide bonds. The van der Waals surface area contributed by atoms with Crippen LogP contribution in [0.1, 0.15) is 22.8 Å². The first-order chi connectivity index (χ1) is 13.9. The van der Waals surface area contributed by atoms with Crippen molar-refractivity contribution in [2.75, 3.05) is 5.32 Å². The molecule has 29 heavy (non-hydrogen) atoms. The number of carbonyl (C=O) groups is 1. The van der Waals surface area contributed by atoms with Gasteiger partial charge in [0.2, 0.25) is 0 Å². The zero-order valence-corrected chi connectivity index (χ0v) is 15.4. The molecule has 1 N–H and O–H groups in total. The van der Waals surface area contributed by atoms with E-state index < -0.39 is 5.92 Å². The van der Waals surface area contributed by atoms with Crippen molar-refractivity contribution >= 4 is 22.6 Å². The van der Waals surface area contributed by atoms with Crippen LogP contribution in [-0.2, 0) is 5.92 Å². The van der Waals surface area contributed by atoms with E-state index in [1.54, 1.807) is 42.5 Å². The van der Waals surface area contributed by atoms with Crippen LogP contribution in [-0.4, -0.2) is 21.1 Å². The second-order valence-corrected chi connectivity index (χ2v) is 6.61. The topological polar surface area (TPSA) is 67.8 Å². The molecular weight excluding hydrogens is 374 g/mol. The third kappa shape index (κ3) is 3.94. The maximum Gasteiger partial charge on any atom is 0.270 e. The second kappa shape index (κ2) is 7.35. The number of halogens is 2. The number of pyridine rings is 1. The maximum absolute atomic E-state index is 13.7. The van der Waals surface area contributed by atoms with Gasteiger partial charge in [0.05, 0.1) is 16.8 Å². The predicted molar refractivity (Wildman–Crippen MR) is 107 cm³/mol. The number of aromatic nitrogens is 3. The first-order valence-corrected chi connectivity index (χ1v) is 8.89. The lowest BCUT2D eigenvalue weighted by Gasteiger charge is -2.12. The lowest BCUT2D eigenvalue weighted by atomic mass is 10.0. The van der Waals surface area contributed by atoms with Crippen molar-refractivity contribution in [1.82, 2.24) is 15.2 Å². The average Bonchev–Trinajstić information content (AvgIpc) is 2.73. The van der Waals surface area contributed by atoms with Gasteiger partial charge in [-0.1, -0.05) is 36.4 Å². The van der Waals surface area contributed by atoms with Gasteiger partial charge in [-0.15, -0.1) is 5.10 Å². The van der Waals surface area contributed by atoms with E-state index in [1.165, 1.54) is 18.3 Å². The summed E-state index contributed by atoms with van der Waals surface area (Å²) >= 11 is 0. The quantitative estimate of drug-likeness (QED) is 0.529. The lowest BCUT2D eigenvalue weighted by Crippen LogP contribution is -2.14. The molecule has 0 unspecified atom stereocenters. The molecule has 0 fully saturated rings. The van der Waals surface area contributed by atoms with Gasteiger partial charge < -0.3 is 5.32 Å². The van der Waals surface area contributed by atoms with Gasteiger partial charge in [-0.05, 0) is 30.3 Å². The van der Waals surface area contributed by atoms with Gasteiger partial charge in [-0.3, -0.25) is 4.79 Å². The number of para-hydroxylation sites is 1. The minimum absolute atomic E-state index is 0.0921. The van der Waals surface area contributed by atoms with Crippen LogP contribution in [0.3, 0.4) is 0 Å². The van der Waals surface area contributed by atoms with Crippen LogP contribution in [0.2, 0.25) is 0 Å². The van der Waals surface area contributed by atoms with Crippen LogP contribution in [0.15, 0.2) is 72.9 Å². The Morgan fingerprint density at radius 2 is 1.83 bits per heavy atom. The van der Waals surface area contributed by atoms with E-state index in [0.29, 0.717) is 28.2 Å². The molecule has 0 aliphatic rings. The molecule has 0 spiro atoms. The SMILES string of the molecule is CC(F)(F)c1cccc(-c2ccc3cccc(C(=O)Nc4cccnn4)c3n2)c1.